The van der Waals surface area contributed by atoms with Crippen molar-refractivity contribution in [1.82, 2.24) is 10.2 Å². The number of ketones is 1. The summed E-state index contributed by atoms with van der Waals surface area (Å²) in [7, 11) is 0. The molecule has 1 aliphatic rings. The van der Waals surface area contributed by atoms with E-state index in [9.17, 15) is 9.59 Å². The molecule has 0 bridgehead atoms. The highest BCUT2D eigenvalue weighted by molar-refractivity contribution is 5.94. The molecule has 3 rings (SSSR count). The zero-order valence-corrected chi connectivity index (χ0v) is 13.3. The standard InChI is InChI=1S/C17H18N4O3/c1-11(22)12-4-6-13(7-5-12)18-15-8-9-16(21-20-15)19-17(23)14-3-2-10-24-14/h4-9,14H,2-3,10H2,1H3,(H,18,20)(H,19,21,23). The lowest BCUT2D eigenvalue weighted by Gasteiger charge is -2.10. The number of Topliss-reactive ketones (excluding diaryl/α,β-unsaturated/α-hetero) is 1. The number of amides is 1. The minimum Gasteiger partial charge on any atom is -0.368 e. The van der Waals surface area contributed by atoms with E-state index in [-0.39, 0.29) is 11.7 Å². The fourth-order valence-electron chi connectivity index (χ4n) is 2.39. The summed E-state index contributed by atoms with van der Waals surface area (Å²) in [6.07, 6.45) is 1.23. The number of nitrogens with one attached hydrogen (secondary N) is 2. The Balaban J connectivity index is 1.59. The first-order chi connectivity index (χ1) is 11.6. The first-order valence-corrected chi connectivity index (χ1v) is 7.76. The normalized spacial score (nSPS) is 16.6. The monoisotopic (exact) mass is 326 g/mol. The second-order valence-electron chi connectivity index (χ2n) is 5.55. The highest BCUT2D eigenvalue weighted by Gasteiger charge is 2.23. The van der Waals surface area contributed by atoms with Crippen molar-refractivity contribution in [3.63, 3.8) is 0 Å². The third kappa shape index (κ3) is 3.94. The van der Waals surface area contributed by atoms with Crippen LogP contribution < -0.4 is 10.6 Å². The number of anilines is 3. The maximum Gasteiger partial charge on any atom is 0.254 e. The predicted molar refractivity (Wildman–Crippen MR) is 89.4 cm³/mol. The Morgan fingerprint density at radius 2 is 1.79 bits per heavy atom. The van der Waals surface area contributed by atoms with Crippen molar-refractivity contribution in [2.75, 3.05) is 17.2 Å². The van der Waals surface area contributed by atoms with Crippen LogP contribution in [0.1, 0.15) is 30.1 Å². The fraction of sp³-hybridized carbons (Fsp3) is 0.294. The summed E-state index contributed by atoms with van der Waals surface area (Å²) in [5.74, 6) is 0.753. The average Bonchev–Trinajstić information content (AvgIpc) is 3.12. The van der Waals surface area contributed by atoms with Gasteiger partial charge in [0.1, 0.15) is 6.10 Å². The Labute approximate surface area is 139 Å². The lowest BCUT2D eigenvalue weighted by molar-refractivity contribution is -0.124. The zero-order chi connectivity index (χ0) is 16.9. The molecule has 0 aliphatic carbocycles. The molecule has 2 N–H and O–H groups in total. The van der Waals surface area contributed by atoms with Gasteiger partial charge in [-0.2, -0.15) is 0 Å². The topological polar surface area (TPSA) is 93.2 Å². The molecule has 0 radical (unpaired) electrons. The Bertz CT molecular complexity index is 723. The van der Waals surface area contributed by atoms with Crippen molar-refractivity contribution in [2.45, 2.75) is 25.9 Å². The molecular weight excluding hydrogens is 308 g/mol. The van der Waals surface area contributed by atoms with E-state index in [0.29, 0.717) is 23.8 Å². The fourth-order valence-corrected chi connectivity index (χ4v) is 2.39. The largest absolute Gasteiger partial charge is 0.368 e. The molecule has 2 aromatic rings. The van der Waals surface area contributed by atoms with Gasteiger partial charge in [0, 0.05) is 17.9 Å². The summed E-state index contributed by atoms with van der Waals surface area (Å²) in [4.78, 5) is 23.2. The molecule has 1 aromatic heterocycles. The molecule has 7 heteroatoms. The number of nitrogens with zero attached hydrogens (tertiary/aromatic N) is 2. The minimum absolute atomic E-state index is 0.0210. The minimum atomic E-state index is -0.399. The van der Waals surface area contributed by atoms with Gasteiger partial charge in [-0.3, -0.25) is 9.59 Å². The van der Waals surface area contributed by atoms with Gasteiger partial charge < -0.3 is 15.4 Å². The van der Waals surface area contributed by atoms with Crippen molar-refractivity contribution in [1.29, 1.82) is 0 Å². The number of hydrogen-bond acceptors (Lipinski definition) is 6. The van der Waals surface area contributed by atoms with Gasteiger partial charge in [0.15, 0.2) is 17.4 Å². The Hall–Kier alpha value is -2.80. The van der Waals surface area contributed by atoms with Crippen LogP contribution in [0.5, 0.6) is 0 Å². The number of carbonyl (C=O) groups excluding carboxylic acids is 2. The van der Waals surface area contributed by atoms with Crippen LogP contribution in [-0.4, -0.2) is 34.6 Å². The summed E-state index contributed by atoms with van der Waals surface area (Å²) in [5.41, 5.74) is 1.45. The third-order valence-corrected chi connectivity index (χ3v) is 3.70. The van der Waals surface area contributed by atoms with Crippen molar-refractivity contribution < 1.29 is 14.3 Å². The van der Waals surface area contributed by atoms with Gasteiger partial charge in [-0.1, -0.05) is 0 Å². The smallest absolute Gasteiger partial charge is 0.254 e. The molecule has 1 amide bonds. The summed E-state index contributed by atoms with van der Waals surface area (Å²) in [6, 6.07) is 10.5. The molecule has 1 atom stereocenters. The van der Waals surface area contributed by atoms with Crippen LogP contribution in [0.25, 0.3) is 0 Å². The molecule has 7 nitrogen and oxygen atoms in total. The number of hydrogen-bond donors (Lipinski definition) is 2. The van der Waals surface area contributed by atoms with Crippen LogP contribution in [0.15, 0.2) is 36.4 Å². The molecule has 1 unspecified atom stereocenters. The maximum atomic E-state index is 11.9. The number of aromatic nitrogens is 2. The van der Waals surface area contributed by atoms with Crippen LogP contribution in [-0.2, 0) is 9.53 Å². The van der Waals surface area contributed by atoms with Crippen molar-refractivity contribution in [3.05, 3.63) is 42.0 Å². The summed E-state index contributed by atoms with van der Waals surface area (Å²) in [5, 5.41) is 13.8. The lowest BCUT2D eigenvalue weighted by atomic mass is 10.1. The average molecular weight is 326 g/mol. The number of ether oxygens (including phenoxy) is 1. The number of carbonyl (C=O) groups is 2. The molecule has 0 saturated carbocycles. The lowest BCUT2D eigenvalue weighted by Crippen LogP contribution is -2.27. The summed E-state index contributed by atoms with van der Waals surface area (Å²) < 4.78 is 5.32. The molecule has 124 valence electrons. The highest BCUT2D eigenvalue weighted by Crippen LogP contribution is 2.17. The van der Waals surface area contributed by atoms with Crippen molar-refractivity contribution >= 4 is 29.0 Å². The van der Waals surface area contributed by atoms with E-state index in [1.165, 1.54) is 6.92 Å². The third-order valence-electron chi connectivity index (χ3n) is 3.70. The molecular formula is C17H18N4O3. The van der Waals surface area contributed by atoms with Crippen LogP contribution in [0, 0.1) is 0 Å². The van der Waals surface area contributed by atoms with Gasteiger partial charge >= 0.3 is 0 Å². The van der Waals surface area contributed by atoms with E-state index in [0.717, 1.165) is 18.5 Å². The van der Waals surface area contributed by atoms with E-state index in [2.05, 4.69) is 20.8 Å². The summed E-state index contributed by atoms with van der Waals surface area (Å²) >= 11 is 0. The second-order valence-corrected chi connectivity index (χ2v) is 5.55. The van der Waals surface area contributed by atoms with Crippen LogP contribution in [0.2, 0.25) is 0 Å². The van der Waals surface area contributed by atoms with Gasteiger partial charge in [-0.15, -0.1) is 10.2 Å². The predicted octanol–water partition coefficient (Wildman–Crippen LogP) is 2.54. The number of rotatable bonds is 5. The van der Waals surface area contributed by atoms with Gasteiger partial charge in [0.25, 0.3) is 5.91 Å². The number of benzene rings is 1. The SMILES string of the molecule is CC(=O)c1ccc(Nc2ccc(NC(=O)C3CCCO3)nn2)cc1. The molecule has 24 heavy (non-hydrogen) atoms. The maximum absolute atomic E-state index is 11.9. The first-order valence-electron chi connectivity index (χ1n) is 7.76. The molecule has 1 fully saturated rings. The van der Waals surface area contributed by atoms with Crippen LogP contribution in [0.4, 0.5) is 17.3 Å². The van der Waals surface area contributed by atoms with Gasteiger partial charge in [0.05, 0.1) is 0 Å². The van der Waals surface area contributed by atoms with Gasteiger partial charge in [-0.25, -0.2) is 0 Å². The molecule has 1 aliphatic heterocycles. The zero-order valence-electron chi connectivity index (χ0n) is 13.3. The molecule has 1 saturated heterocycles. The molecule has 2 heterocycles. The van der Waals surface area contributed by atoms with E-state index >= 15 is 0 Å². The first kappa shape index (κ1) is 16.1. The second kappa shape index (κ2) is 7.18. The summed E-state index contributed by atoms with van der Waals surface area (Å²) in [6.45, 7) is 2.15. The van der Waals surface area contributed by atoms with E-state index < -0.39 is 6.10 Å². The van der Waals surface area contributed by atoms with Crippen molar-refractivity contribution in [2.24, 2.45) is 0 Å². The quantitative estimate of drug-likeness (QED) is 0.820. The van der Waals surface area contributed by atoms with Gasteiger partial charge in [-0.05, 0) is 56.2 Å². The van der Waals surface area contributed by atoms with E-state index in [1.54, 1.807) is 36.4 Å². The Kier molecular flexibility index (Phi) is 4.81. The van der Waals surface area contributed by atoms with E-state index in [1.807, 2.05) is 0 Å². The van der Waals surface area contributed by atoms with Crippen LogP contribution >= 0.6 is 0 Å². The van der Waals surface area contributed by atoms with Crippen LogP contribution in [0.3, 0.4) is 0 Å². The molecule has 1 aromatic carbocycles. The molecule has 0 spiro atoms. The Morgan fingerprint density at radius 1 is 1.08 bits per heavy atom. The van der Waals surface area contributed by atoms with Crippen molar-refractivity contribution in [3.8, 4) is 0 Å². The van der Waals surface area contributed by atoms with E-state index in [4.69, 9.17) is 4.74 Å². The highest BCUT2D eigenvalue weighted by atomic mass is 16.5. The Morgan fingerprint density at radius 3 is 2.38 bits per heavy atom. The van der Waals surface area contributed by atoms with Gasteiger partial charge in [0.2, 0.25) is 0 Å².